The maximum absolute atomic E-state index is 13.8. The summed E-state index contributed by atoms with van der Waals surface area (Å²) in [5, 5.41) is 50.5. The highest BCUT2D eigenvalue weighted by atomic mass is 32.2. The van der Waals surface area contributed by atoms with Crippen molar-refractivity contribution in [2.24, 2.45) is 0 Å². The van der Waals surface area contributed by atoms with Gasteiger partial charge < -0.3 is 39.7 Å². The van der Waals surface area contributed by atoms with E-state index in [1.165, 1.54) is 23.1 Å². The van der Waals surface area contributed by atoms with Crippen LogP contribution in [0, 0.1) is 17.5 Å². The summed E-state index contributed by atoms with van der Waals surface area (Å²) in [6.45, 7) is 1.56. The number of aromatic nitrogens is 3. The van der Waals surface area contributed by atoms with Gasteiger partial charge in [-0.1, -0.05) is 5.21 Å². The molecule has 0 unspecified atom stereocenters. The van der Waals surface area contributed by atoms with Crippen LogP contribution in [0.25, 0.3) is 11.3 Å². The SMILES string of the molecule is CCN(C)C(=O)[C@@H](S[C@@H]1O[C@H](CO)[C@H](O)[C@H](n2cc(-c3cc(F)c(F)c(F)c3)nn2)[C@H]1O)C1(O)CCN(C(=O)OC)CC1. The molecule has 2 aliphatic rings. The van der Waals surface area contributed by atoms with E-state index in [1.54, 1.807) is 14.0 Å². The summed E-state index contributed by atoms with van der Waals surface area (Å²) >= 11 is 0.802. The summed E-state index contributed by atoms with van der Waals surface area (Å²) in [5.41, 5.74) is -3.17. The molecule has 0 bridgehead atoms. The topological polar surface area (TPSA) is 171 Å². The molecule has 4 N–H and O–H groups in total. The van der Waals surface area contributed by atoms with Gasteiger partial charge in [-0.05, 0) is 31.9 Å². The largest absolute Gasteiger partial charge is 0.453 e. The minimum Gasteiger partial charge on any atom is -0.453 e. The second-order valence-corrected chi connectivity index (χ2v) is 11.7. The predicted octanol–water partition coefficient (Wildman–Crippen LogP) is 0.516. The van der Waals surface area contributed by atoms with Gasteiger partial charge in [0.25, 0.3) is 0 Å². The number of carbonyl (C=O) groups is 2. The fraction of sp³-hybridized carbons (Fsp3) is 0.615. The average Bonchev–Trinajstić information content (AvgIpc) is 3.48. The van der Waals surface area contributed by atoms with Crippen LogP contribution in [0.4, 0.5) is 18.0 Å². The second-order valence-electron chi connectivity index (χ2n) is 10.5. The number of halogens is 3. The first-order chi connectivity index (χ1) is 20.3. The Kier molecular flexibility index (Phi) is 10.2. The minimum absolute atomic E-state index is 0.0125. The van der Waals surface area contributed by atoms with Crippen LogP contribution in [-0.2, 0) is 14.3 Å². The van der Waals surface area contributed by atoms with Crippen molar-refractivity contribution in [1.82, 2.24) is 24.8 Å². The highest BCUT2D eigenvalue weighted by Gasteiger charge is 2.52. The molecule has 3 heterocycles. The van der Waals surface area contributed by atoms with E-state index in [0.29, 0.717) is 18.7 Å². The Morgan fingerprint density at radius 3 is 2.40 bits per heavy atom. The maximum atomic E-state index is 13.8. The van der Waals surface area contributed by atoms with Gasteiger partial charge in [-0.3, -0.25) is 4.79 Å². The molecule has 2 aromatic rings. The van der Waals surface area contributed by atoms with E-state index in [-0.39, 0.29) is 37.2 Å². The standard InChI is InChI=1S/C26H34F3N5O8S/c1-4-32(2)23(38)22(26(40)5-7-33(8-6-26)25(39)41-3)43-24-21(37)19(20(36)17(12-35)42-24)34-11-16(30-31-34)13-9-14(27)18(29)15(28)10-13/h9-11,17,19-22,24,35-37,40H,4-8,12H2,1-3H3/t17-,19+,20+,21-,22-,24+/m1/s1. The quantitative estimate of drug-likeness (QED) is 0.299. The van der Waals surface area contributed by atoms with Crippen molar-refractivity contribution >= 4 is 23.8 Å². The third kappa shape index (κ3) is 6.61. The molecule has 0 saturated carbocycles. The van der Waals surface area contributed by atoms with Gasteiger partial charge in [-0.15, -0.1) is 16.9 Å². The highest BCUT2D eigenvalue weighted by molar-refractivity contribution is 8.01. The van der Waals surface area contributed by atoms with Crippen LogP contribution in [0.2, 0.25) is 0 Å². The lowest BCUT2D eigenvalue weighted by molar-refractivity contribution is -0.179. The fourth-order valence-corrected chi connectivity index (χ4v) is 6.71. The smallest absolute Gasteiger partial charge is 0.409 e. The van der Waals surface area contributed by atoms with Crippen molar-refractivity contribution < 1.29 is 52.7 Å². The number of carbonyl (C=O) groups excluding carboxylic acids is 2. The number of piperidine rings is 1. The first kappa shape index (κ1) is 32.9. The lowest BCUT2D eigenvalue weighted by Crippen LogP contribution is -2.59. The molecule has 0 aliphatic carbocycles. The number of amides is 2. The average molecular weight is 634 g/mol. The summed E-state index contributed by atoms with van der Waals surface area (Å²) in [5.74, 6) is -5.03. The molecule has 0 spiro atoms. The number of methoxy groups -OCH3 is 1. The molecule has 2 amide bonds. The molecule has 6 atom stereocenters. The molecule has 238 valence electrons. The molecule has 1 aromatic heterocycles. The zero-order valence-electron chi connectivity index (χ0n) is 23.6. The van der Waals surface area contributed by atoms with E-state index in [2.05, 4.69) is 10.3 Å². The number of nitrogens with zero attached hydrogens (tertiary/aromatic N) is 5. The number of aliphatic hydroxyl groups excluding tert-OH is 3. The molecular formula is C26H34F3N5O8S. The van der Waals surface area contributed by atoms with Crippen LogP contribution in [-0.4, -0.2) is 132 Å². The predicted molar refractivity (Wildman–Crippen MR) is 145 cm³/mol. The van der Waals surface area contributed by atoms with Gasteiger partial charge in [0.1, 0.15) is 40.7 Å². The van der Waals surface area contributed by atoms with Crippen LogP contribution in [0.3, 0.4) is 0 Å². The molecule has 1 aromatic carbocycles. The number of ether oxygens (including phenoxy) is 2. The number of likely N-dealkylation sites (tertiary alicyclic amines) is 1. The van der Waals surface area contributed by atoms with Gasteiger partial charge in [0.15, 0.2) is 17.5 Å². The summed E-state index contributed by atoms with van der Waals surface area (Å²) in [4.78, 5) is 28.3. The van der Waals surface area contributed by atoms with Crippen LogP contribution in [0.15, 0.2) is 18.3 Å². The van der Waals surface area contributed by atoms with Crippen LogP contribution < -0.4 is 0 Å². The molecule has 2 aliphatic heterocycles. The number of rotatable bonds is 8. The van der Waals surface area contributed by atoms with Crippen molar-refractivity contribution in [3.63, 3.8) is 0 Å². The van der Waals surface area contributed by atoms with Gasteiger partial charge in [0, 0.05) is 32.2 Å². The molecular weight excluding hydrogens is 599 g/mol. The number of aliphatic hydroxyl groups is 4. The molecule has 2 fully saturated rings. The Morgan fingerprint density at radius 2 is 1.84 bits per heavy atom. The Morgan fingerprint density at radius 1 is 1.21 bits per heavy atom. The number of hydrogen-bond acceptors (Lipinski definition) is 11. The van der Waals surface area contributed by atoms with Gasteiger partial charge in [-0.25, -0.2) is 22.6 Å². The second kappa shape index (κ2) is 13.4. The minimum atomic E-state index is -1.66. The van der Waals surface area contributed by atoms with Crippen LogP contribution in [0.5, 0.6) is 0 Å². The maximum Gasteiger partial charge on any atom is 0.409 e. The number of thioether (sulfide) groups is 1. The number of benzene rings is 1. The lowest BCUT2D eigenvalue weighted by Gasteiger charge is -2.46. The van der Waals surface area contributed by atoms with Crippen molar-refractivity contribution in [1.29, 1.82) is 0 Å². The normalized spacial score (nSPS) is 26.2. The van der Waals surface area contributed by atoms with E-state index in [1.807, 2.05) is 0 Å². The lowest BCUT2D eigenvalue weighted by atomic mass is 9.87. The summed E-state index contributed by atoms with van der Waals surface area (Å²) in [7, 11) is 2.78. The molecule has 17 heteroatoms. The summed E-state index contributed by atoms with van der Waals surface area (Å²) in [6.07, 6.45) is -3.79. The molecule has 0 radical (unpaired) electrons. The number of hydrogen-bond donors (Lipinski definition) is 4. The zero-order chi connectivity index (χ0) is 31.6. The van der Waals surface area contributed by atoms with Gasteiger partial charge >= 0.3 is 6.09 Å². The van der Waals surface area contributed by atoms with Crippen molar-refractivity contribution in [3.8, 4) is 11.3 Å². The third-order valence-electron chi connectivity index (χ3n) is 7.84. The fourth-order valence-electron chi connectivity index (χ4n) is 5.12. The monoisotopic (exact) mass is 633 g/mol. The molecule has 43 heavy (non-hydrogen) atoms. The van der Waals surface area contributed by atoms with E-state index in [0.717, 1.165) is 16.4 Å². The molecule has 13 nitrogen and oxygen atoms in total. The van der Waals surface area contributed by atoms with Crippen LogP contribution >= 0.6 is 11.8 Å². The van der Waals surface area contributed by atoms with E-state index in [4.69, 9.17) is 9.47 Å². The van der Waals surface area contributed by atoms with Crippen LogP contribution in [0.1, 0.15) is 25.8 Å². The Labute approximate surface area is 249 Å². The summed E-state index contributed by atoms with van der Waals surface area (Å²) in [6, 6.07) is 0.104. The van der Waals surface area contributed by atoms with Crippen molar-refractivity contribution in [2.75, 3.05) is 40.4 Å². The van der Waals surface area contributed by atoms with Gasteiger partial charge in [0.05, 0.1) is 25.5 Å². The van der Waals surface area contributed by atoms with Crippen molar-refractivity contribution in [3.05, 3.63) is 35.8 Å². The first-order valence-corrected chi connectivity index (χ1v) is 14.4. The first-order valence-electron chi connectivity index (χ1n) is 13.5. The van der Waals surface area contributed by atoms with Crippen molar-refractivity contribution in [2.45, 2.75) is 60.4 Å². The Hall–Kier alpha value is -2.96. The van der Waals surface area contributed by atoms with E-state index < -0.39 is 76.7 Å². The van der Waals surface area contributed by atoms with Gasteiger partial charge in [-0.2, -0.15) is 0 Å². The van der Waals surface area contributed by atoms with E-state index >= 15 is 0 Å². The van der Waals surface area contributed by atoms with Gasteiger partial charge in [0.2, 0.25) is 5.91 Å². The highest BCUT2D eigenvalue weighted by Crippen LogP contribution is 2.42. The molecule has 2 saturated heterocycles. The Balaban J connectivity index is 1.63. The Bertz CT molecular complexity index is 1290. The summed E-state index contributed by atoms with van der Waals surface area (Å²) < 4.78 is 52.7. The van der Waals surface area contributed by atoms with E-state index in [9.17, 15) is 43.2 Å². The third-order valence-corrected chi connectivity index (χ3v) is 9.41. The molecule has 4 rings (SSSR count). The zero-order valence-corrected chi connectivity index (χ0v) is 24.5.